The first-order valence-corrected chi connectivity index (χ1v) is 13.3. The van der Waals surface area contributed by atoms with Gasteiger partial charge < -0.3 is 9.30 Å². The van der Waals surface area contributed by atoms with E-state index < -0.39 is 16.0 Å². The lowest BCUT2D eigenvalue weighted by Crippen LogP contribution is -2.43. The number of hydrogen-bond donors (Lipinski definition) is 0. The predicted octanol–water partition coefficient (Wildman–Crippen LogP) is 4.73. The van der Waals surface area contributed by atoms with Crippen LogP contribution in [0.3, 0.4) is 0 Å². The van der Waals surface area contributed by atoms with Gasteiger partial charge in [-0.05, 0) is 50.8 Å². The lowest BCUT2D eigenvalue weighted by Gasteiger charge is -2.32. The number of methoxy groups -OCH3 is 1. The number of esters is 1. The third-order valence-corrected chi connectivity index (χ3v) is 8.14. The molecule has 0 saturated heterocycles. The van der Waals surface area contributed by atoms with Gasteiger partial charge in [-0.1, -0.05) is 49.6 Å². The summed E-state index contributed by atoms with van der Waals surface area (Å²) in [5.41, 5.74) is 2.67. The Kier molecular flexibility index (Phi) is 8.49. The van der Waals surface area contributed by atoms with E-state index in [1.54, 1.807) is 24.5 Å². The van der Waals surface area contributed by atoms with E-state index in [1.807, 2.05) is 37.3 Å². The van der Waals surface area contributed by atoms with Gasteiger partial charge in [-0.25, -0.2) is 13.2 Å². The standard InChI is InChI=1S/C26H34N2O5S/c1-5-27-20(3)24(19(2)25(27)26(30)33-4)23(29)18-28(22-14-10-7-11-15-22)34(31,32)17-16-21-12-8-6-9-13-21/h6,8-9,12-13,16-17,22H,5,7,10-11,14-15,18H2,1-4H3/b17-16+. The van der Waals surface area contributed by atoms with Crippen molar-refractivity contribution in [2.45, 2.75) is 65.5 Å². The number of sulfonamides is 1. The van der Waals surface area contributed by atoms with Gasteiger partial charge in [-0.15, -0.1) is 0 Å². The molecule has 1 heterocycles. The Labute approximate surface area is 202 Å². The van der Waals surface area contributed by atoms with E-state index in [1.165, 1.54) is 16.8 Å². The van der Waals surface area contributed by atoms with Crippen molar-refractivity contribution in [1.82, 2.24) is 8.87 Å². The normalized spacial score (nSPS) is 15.2. The number of Topliss-reactive ketones (excluding diaryl/α,β-unsaturated/α-hetero) is 1. The number of hydrogen-bond acceptors (Lipinski definition) is 5. The second kappa shape index (κ2) is 11.1. The summed E-state index contributed by atoms with van der Waals surface area (Å²) in [7, 11) is -2.54. The molecule has 7 nitrogen and oxygen atoms in total. The van der Waals surface area contributed by atoms with Gasteiger partial charge >= 0.3 is 5.97 Å². The summed E-state index contributed by atoms with van der Waals surface area (Å²) < 4.78 is 34.9. The number of aromatic nitrogens is 1. The van der Waals surface area contributed by atoms with Crippen LogP contribution in [-0.4, -0.2) is 48.7 Å². The van der Waals surface area contributed by atoms with Gasteiger partial charge in [0.25, 0.3) is 0 Å². The van der Waals surface area contributed by atoms with Crippen LogP contribution in [0.15, 0.2) is 35.7 Å². The molecule has 0 bridgehead atoms. The van der Waals surface area contributed by atoms with Crippen LogP contribution in [0.1, 0.15) is 76.7 Å². The highest BCUT2D eigenvalue weighted by molar-refractivity contribution is 7.92. The van der Waals surface area contributed by atoms with Gasteiger partial charge in [0.1, 0.15) is 5.69 Å². The number of ketones is 1. The molecule has 0 amide bonds. The largest absolute Gasteiger partial charge is 0.464 e. The molecule has 1 aromatic heterocycles. The number of rotatable bonds is 9. The van der Waals surface area contributed by atoms with Crippen molar-refractivity contribution < 1.29 is 22.7 Å². The molecule has 0 spiro atoms. The molecule has 1 fully saturated rings. The molecule has 0 aliphatic heterocycles. The minimum Gasteiger partial charge on any atom is -0.464 e. The zero-order valence-electron chi connectivity index (χ0n) is 20.4. The number of ether oxygens (including phenoxy) is 1. The SMILES string of the molecule is CCn1c(C)c(C(=O)CN(C2CCCCC2)S(=O)(=O)/C=C/c2ccccc2)c(C)c1C(=O)OC. The third kappa shape index (κ3) is 5.50. The fourth-order valence-electron chi connectivity index (χ4n) is 4.88. The first kappa shape index (κ1) is 25.9. The minimum atomic E-state index is -3.85. The zero-order chi connectivity index (χ0) is 24.9. The molecule has 1 aliphatic rings. The zero-order valence-corrected chi connectivity index (χ0v) is 21.2. The van der Waals surface area contributed by atoms with Crippen LogP contribution in [0.4, 0.5) is 0 Å². The van der Waals surface area contributed by atoms with Crippen LogP contribution in [0.5, 0.6) is 0 Å². The topological polar surface area (TPSA) is 85.7 Å². The van der Waals surface area contributed by atoms with Crippen LogP contribution in [0.2, 0.25) is 0 Å². The van der Waals surface area contributed by atoms with Crippen molar-refractivity contribution in [1.29, 1.82) is 0 Å². The summed E-state index contributed by atoms with van der Waals surface area (Å²) in [6.07, 6.45) is 5.96. The van der Waals surface area contributed by atoms with Gasteiger partial charge in [-0.3, -0.25) is 4.79 Å². The van der Waals surface area contributed by atoms with Crippen molar-refractivity contribution in [3.63, 3.8) is 0 Å². The Morgan fingerprint density at radius 2 is 1.76 bits per heavy atom. The Morgan fingerprint density at radius 1 is 1.12 bits per heavy atom. The fourth-order valence-corrected chi connectivity index (χ4v) is 6.29. The highest BCUT2D eigenvalue weighted by Gasteiger charge is 2.34. The molecule has 184 valence electrons. The molecule has 1 aromatic carbocycles. The number of carbonyl (C=O) groups is 2. The molecule has 34 heavy (non-hydrogen) atoms. The van der Waals surface area contributed by atoms with E-state index in [0.29, 0.717) is 29.1 Å². The highest BCUT2D eigenvalue weighted by Crippen LogP contribution is 2.28. The van der Waals surface area contributed by atoms with Crippen LogP contribution < -0.4 is 0 Å². The van der Waals surface area contributed by atoms with E-state index in [4.69, 9.17) is 4.74 Å². The molecule has 0 radical (unpaired) electrons. The lowest BCUT2D eigenvalue weighted by atomic mass is 9.95. The van der Waals surface area contributed by atoms with Crippen LogP contribution in [0.25, 0.3) is 6.08 Å². The van der Waals surface area contributed by atoms with Gasteiger partial charge in [-0.2, -0.15) is 4.31 Å². The number of benzene rings is 1. The van der Waals surface area contributed by atoms with E-state index in [9.17, 15) is 18.0 Å². The smallest absolute Gasteiger partial charge is 0.354 e. The fraction of sp³-hybridized carbons (Fsp3) is 0.462. The molecule has 0 N–H and O–H groups in total. The van der Waals surface area contributed by atoms with Crippen molar-refractivity contribution in [2.75, 3.05) is 13.7 Å². The van der Waals surface area contributed by atoms with Crippen LogP contribution >= 0.6 is 0 Å². The highest BCUT2D eigenvalue weighted by atomic mass is 32.2. The van der Waals surface area contributed by atoms with Crippen molar-refractivity contribution in [3.8, 4) is 0 Å². The molecular weight excluding hydrogens is 452 g/mol. The van der Waals surface area contributed by atoms with Gasteiger partial charge in [0.2, 0.25) is 10.0 Å². The molecule has 1 saturated carbocycles. The minimum absolute atomic E-state index is 0.225. The lowest BCUT2D eigenvalue weighted by molar-refractivity contribution is 0.0587. The average molecular weight is 487 g/mol. The quantitative estimate of drug-likeness (QED) is 0.378. The van der Waals surface area contributed by atoms with Gasteiger partial charge in [0, 0.05) is 29.3 Å². The van der Waals surface area contributed by atoms with Gasteiger partial charge in [0.15, 0.2) is 5.78 Å². The molecule has 1 aliphatic carbocycles. The van der Waals surface area contributed by atoms with Crippen molar-refractivity contribution >= 4 is 27.9 Å². The van der Waals surface area contributed by atoms with E-state index in [-0.39, 0.29) is 18.4 Å². The molecule has 0 unspecified atom stereocenters. The number of nitrogens with zero attached hydrogens (tertiary/aromatic N) is 2. The molecule has 8 heteroatoms. The van der Waals surface area contributed by atoms with Crippen molar-refractivity contribution in [3.05, 3.63) is 63.8 Å². The summed E-state index contributed by atoms with van der Waals surface area (Å²) in [4.78, 5) is 25.9. The molecular formula is C26H34N2O5S. The van der Waals surface area contributed by atoms with Crippen LogP contribution in [-0.2, 0) is 21.3 Å². The Hall–Kier alpha value is -2.71. The Balaban J connectivity index is 1.97. The number of carbonyl (C=O) groups excluding carboxylic acids is 2. The maximum Gasteiger partial charge on any atom is 0.354 e. The first-order valence-electron chi connectivity index (χ1n) is 11.8. The molecule has 3 rings (SSSR count). The van der Waals surface area contributed by atoms with E-state index in [0.717, 1.165) is 37.7 Å². The van der Waals surface area contributed by atoms with Gasteiger partial charge in [0.05, 0.1) is 13.7 Å². The summed E-state index contributed by atoms with van der Waals surface area (Å²) in [6, 6.07) is 8.99. The second-order valence-electron chi connectivity index (χ2n) is 8.69. The maximum absolute atomic E-state index is 13.6. The Bertz CT molecular complexity index is 1160. The summed E-state index contributed by atoms with van der Waals surface area (Å²) in [6.45, 7) is 5.62. The molecule has 2 aromatic rings. The van der Waals surface area contributed by atoms with E-state index >= 15 is 0 Å². The van der Waals surface area contributed by atoms with Crippen LogP contribution in [0, 0.1) is 13.8 Å². The predicted molar refractivity (Wildman–Crippen MR) is 133 cm³/mol. The van der Waals surface area contributed by atoms with E-state index in [2.05, 4.69) is 0 Å². The molecule has 0 atom stereocenters. The third-order valence-electron chi connectivity index (χ3n) is 6.58. The summed E-state index contributed by atoms with van der Waals surface area (Å²) in [5.74, 6) is -0.821. The average Bonchev–Trinajstić information content (AvgIpc) is 3.10. The monoisotopic (exact) mass is 486 g/mol. The second-order valence-corrected chi connectivity index (χ2v) is 10.5. The maximum atomic E-state index is 13.6. The summed E-state index contributed by atoms with van der Waals surface area (Å²) >= 11 is 0. The summed E-state index contributed by atoms with van der Waals surface area (Å²) in [5, 5.41) is 1.20. The first-order chi connectivity index (χ1) is 16.2. The van der Waals surface area contributed by atoms with Crippen molar-refractivity contribution in [2.24, 2.45) is 0 Å². The Morgan fingerprint density at radius 3 is 2.35 bits per heavy atom.